The lowest BCUT2D eigenvalue weighted by molar-refractivity contribution is 0.564. The third-order valence-corrected chi connectivity index (χ3v) is 4.28. The summed E-state index contributed by atoms with van der Waals surface area (Å²) >= 11 is 6.19. The minimum atomic E-state index is 0.611. The van der Waals surface area contributed by atoms with Gasteiger partial charge in [0.05, 0.1) is 0 Å². The van der Waals surface area contributed by atoms with E-state index >= 15 is 0 Å². The minimum absolute atomic E-state index is 0.611. The number of hydrogen-bond donors (Lipinski definition) is 1. The number of rotatable bonds is 6. The molecule has 98 valence electrons. The zero-order valence-electron chi connectivity index (χ0n) is 10.8. The predicted molar refractivity (Wildman–Crippen MR) is 73.9 cm³/mol. The first-order valence-electron chi connectivity index (χ1n) is 7.05. The Morgan fingerprint density at radius 1 is 1.28 bits per heavy atom. The van der Waals surface area contributed by atoms with Crippen LogP contribution in [0.2, 0.25) is 5.15 Å². The lowest BCUT2D eigenvalue weighted by Crippen LogP contribution is -2.25. The Morgan fingerprint density at radius 2 is 1.94 bits per heavy atom. The zero-order valence-corrected chi connectivity index (χ0v) is 11.6. The molecule has 0 amide bonds. The topological polar surface area (TPSA) is 37.8 Å². The van der Waals surface area contributed by atoms with E-state index in [4.69, 9.17) is 11.6 Å². The molecular weight excluding hydrogens is 246 g/mol. The third-order valence-electron chi connectivity index (χ3n) is 3.96. The molecule has 2 aliphatic rings. The fraction of sp³-hybridized carbons (Fsp3) is 0.714. The lowest BCUT2D eigenvalue weighted by Gasteiger charge is -2.20. The van der Waals surface area contributed by atoms with Crippen molar-refractivity contribution in [2.24, 2.45) is 11.8 Å². The summed E-state index contributed by atoms with van der Waals surface area (Å²) in [7, 11) is 0. The van der Waals surface area contributed by atoms with Crippen molar-refractivity contribution < 1.29 is 0 Å². The molecule has 1 aromatic heterocycles. The maximum atomic E-state index is 6.19. The summed E-state index contributed by atoms with van der Waals surface area (Å²) < 4.78 is 0. The number of hydrogen-bond acceptors (Lipinski definition) is 3. The van der Waals surface area contributed by atoms with E-state index in [1.807, 2.05) is 0 Å². The number of aromatic nitrogens is 2. The van der Waals surface area contributed by atoms with Gasteiger partial charge in [-0.25, -0.2) is 9.97 Å². The molecule has 0 saturated heterocycles. The Labute approximate surface area is 113 Å². The highest BCUT2D eigenvalue weighted by Crippen LogP contribution is 2.46. The van der Waals surface area contributed by atoms with E-state index < -0.39 is 0 Å². The SMILES string of the molecule is CCCc1c(Cl)ncnc1NC(C1CC1)C1CC1. The van der Waals surface area contributed by atoms with Crippen molar-refractivity contribution in [1.29, 1.82) is 0 Å². The number of nitrogens with one attached hydrogen (secondary N) is 1. The molecule has 0 spiro atoms. The van der Waals surface area contributed by atoms with Crippen molar-refractivity contribution in [3.05, 3.63) is 17.0 Å². The third kappa shape index (κ3) is 2.61. The Kier molecular flexibility index (Phi) is 3.42. The van der Waals surface area contributed by atoms with E-state index in [1.165, 1.54) is 25.7 Å². The van der Waals surface area contributed by atoms with Gasteiger partial charge in [-0.2, -0.15) is 0 Å². The maximum Gasteiger partial charge on any atom is 0.137 e. The van der Waals surface area contributed by atoms with E-state index in [0.29, 0.717) is 11.2 Å². The quantitative estimate of drug-likeness (QED) is 0.798. The van der Waals surface area contributed by atoms with Gasteiger partial charge in [0.2, 0.25) is 0 Å². The first-order valence-corrected chi connectivity index (χ1v) is 7.43. The van der Waals surface area contributed by atoms with Crippen LogP contribution >= 0.6 is 11.6 Å². The van der Waals surface area contributed by atoms with Gasteiger partial charge in [0.15, 0.2) is 0 Å². The molecule has 0 unspecified atom stereocenters. The summed E-state index contributed by atoms with van der Waals surface area (Å²) in [6.45, 7) is 2.16. The van der Waals surface area contributed by atoms with E-state index in [1.54, 1.807) is 6.33 Å². The Bertz CT molecular complexity index is 415. The van der Waals surface area contributed by atoms with Gasteiger partial charge in [0, 0.05) is 11.6 Å². The van der Waals surface area contributed by atoms with E-state index in [2.05, 4.69) is 22.2 Å². The van der Waals surface area contributed by atoms with E-state index in [-0.39, 0.29) is 0 Å². The zero-order chi connectivity index (χ0) is 12.5. The first-order chi connectivity index (χ1) is 8.79. The van der Waals surface area contributed by atoms with Crippen molar-refractivity contribution >= 4 is 17.4 Å². The molecule has 3 nitrogen and oxygen atoms in total. The predicted octanol–water partition coefficient (Wildman–Crippen LogP) is 3.68. The second-order valence-electron chi connectivity index (χ2n) is 5.59. The molecule has 2 aliphatic carbocycles. The van der Waals surface area contributed by atoms with Gasteiger partial charge in [-0.1, -0.05) is 24.9 Å². The average Bonchev–Trinajstić information content (AvgIpc) is 3.23. The van der Waals surface area contributed by atoms with Crippen molar-refractivity contribution in [3.8, 4) is 0 Å². The Hall–Kier alpha value is -0.830. The van der Waals surface area contributed by atoms with Crippen LogP contribution in [0.25, 0.3) is 0 Å². The summed E-state index contributed by atoms with van der Waals surface area (Å²) in [5.41, 5.74) is 1.09. The van der Waals surface area contributed by atoms with Crippen molar-refractivity contribution in [2.45, 2.75) is 51.5 Å². The van der Waals surface area contributed by atoms with Gasteiger partial charge in [-0.3, -0.25) is 0 Å². The standard InChI is InChI=1S/C14H20ClN3/c1-2-3-11-13(15)16-8-17-14(11)18-12(9-4-5-9)10-6-7-10/h8-10,12H,2-7H2,1H3,(H,16,17,18). The number of halogens is 1. The molecule has 0 atom stereocenters. The smallest absolute Gasteiger partial charge is 0.137 e. The fourth-order valence-corrected chi connectivity index (χ4v) is 2.90. The van der Waals surface area contributed by atoms with Gasteiger partial charge >= 0.3 is 0 Å². The highest BCUT2D eigenvalue weighted by Gasteiger charge is 2.41. The Morgan fingerprint density at radius 3 is 2.50 bits per heavy atom. The summed E-state index contributed by atoms with van der Waals surface area (Å²) in [4.78, 5) is 8.51. The molecular formula is C14H20ClN3. The van der Waals surface area contributed by atoms with Crippen LogP contribution in [0.3, 0.4) is 0 Å². The summed E-state index contributed by atoms with van der Waals surface area (Å²) in [6, 6.07) is 0.617. The maximum absolute atomic E-state index is 6.19. The number of anilines is 1. The Balaban J connectivity index is 1.79. The van der Waals surface area contributed by atoms with Crippen molar-refractivity contribution in [1.82, 2.24) is 9.97 Å². The van der Waals surface area contributed by atoms with E-state index in [0.717, 1.165) is 36.1 Å². The molecule has 2 fully saturated rings. The van der Waals surface area contributed by atoms with Crippen LogP contribution in [0.5, 0.6) is 0 Å². The normalized spacial score (nSPS) is 19.3. The van der Waals surface area contributed by atoms with Crippen LogP contribution < -0.4 is 5.32 Å². The summed E-state index contributed by atoms with van der Waals surface area (Å²) in [6.07, 6.45) is 9.07. The molecule has 2 saturated carbocycles. The van der Waals surface area contributed by atoms with Gasteiger partial charge in [0.25, 0.3) is 0 Å². The summed E-state index contributed by atoms with van der Waals surface area (Å²) in [5.74, 6) is 2.70. The molecule has 1 heterocycles. The fourth-order valence-electron chi connectivity index (χ4n) is 2.68. The van der Waals surface area contributed by atoms with Crippen LogP contribution in [-0.4, -0.2) is 16.0 Å². The van der Waals surface area contributed by atoms with Crippen LogP contribution in [0.4, 0.5) is 5.82 Å². The average molecular weight is 266 g/mol. The largest absolute Gasteiger partial charge is 0.366 e. The van der Waals surface area contributed by atoms with E-state index in [9.17, 15) is 0 Å². The molecule has 1 aromatic rings. The molecule has 0 bridgehead atoms. The van der Waals surface area contributed by atoms with Crippen LogP contribution in [0, 0.1) is 11.8 Å². The summed E-state index contributed by atoms with van der Waals surface area (Å²) in [5, 5.41) is 4.27. The number of nitrogens with zero attached hydrogens (tertiary/aromatic N) is 2. The molecule has 3 rings (SSSR count). The molecule has 0 aromatic carbocycles. The van der Waals surface area contributed by atoms with Gasteiger partial charge in [0.1, 0.15) is 17.3 Å². The van der Waals surface area contributed by atoms with Gasteiger partial charge in [-0.05, 0) is 43.9 Å². The molecule has 4 heteroatoms. The first kappa shape index (κ1) is 12.2. The minimum Gasteiger partial charge on any atom is -0.366 e. The van der Waals surface area contributed by atoms with Crippen molar-refractivity contribution in [3.63, 3.8) is 0 Å². The highest BCUT2D eigenvalue weighted by molar-refractivity contribution is 6.30. The monoisotopic (exact) mass is 265 g/mol. The van der Waals surface area contributed by atoms with Crippen molar-refractivity contribution in [2.75, 3.05) is 5.32 Å². The lowest BCUT2D eigenvalue weighted by atomic mass is 10.1. The second kappa shape index (κ2) is 5.04. The van der Waals surface area contributed by atoms with Gasteiger partial charge < -0.3 is 5.32 Å². The van der Waals surface area contributed by atoms with Crippen LogP contribution in [-0.2, 0) is 6.42 Å². The molecule has 0 radical (unpaired) electrons. The molecule has 18 heavy (non-hydrogen) atoms. The second-order valence-corrected chi connectivity index (χ2v) is 5.94. The van der Waals surface area contributed by atoms with Gasteiger partial charge in [-0.15, -0.1) is 0 Å². The van der Waals surface area contributed by atoms with Crippen LogP contribution in [0.15, 0.2) is 6.33 Å². The van der Waals surface area contributed by atoms with Crippen LogP contribution in [0.1, 0.15) is 44.6 Å². The molecule has 1 N–H and O–H groups in total. The molecule has 0 aliphatic heterocycles. The highest BCUT2D eigenvalue weighted by atomic mass is 35.5.